The van der Waals surface area contributed by atoms with Gasteiger partial charge in [0.25, 0.3) is 5.91 Å². The Balaban J connectivity index is 1.39. The molecule has 0 aliphatic heterocycles. The van der Waals surface area contributed by atoms with Crippen LogP contribution in [0, 0.1) is 0 Å². The number of benzene rings is 3. The standard InChI is InChI=1S/C33H36N8O6/c34-25(24-14-8-3-9-15-24)20-41-21-28(39-40-41)33(47)38-27(17-23-12-6-2-7-13-23)32(46)35-18-29(42)37-26(31(45)36-19-30(43)44)16-22-10-4-1-5-11-22/h1-15,21,25-27H,16-20,34H2,(H,35,46)(H,36,45)(H,37,42)(H,38,47)(H,43,44)/t25?,26-,27-/m0/s1. The van der Waals surface area contributed by atoms with Crippen molar-refractivity contribution >= 4 is 29.6 Å². The van der Waals surface area contributed by atoms with E-state index in [9.17, 15) is 24.0 Å². The summed E-state index contributed by atoms with van der Waals surface area (Å²) in [5, 5.41) is 26.9. The topological polar surface area (TPSA) is 210 Å². The lowest BCUT2D eigenvalue weighted by atomic mass is 10.0. The molecule has 4 aromatic rings. The molecule has 3 aromatic carbocycles. The summed E-state index contributed by atoms with van der Waals surface area (Å²) in [6.45, 7) is -0.858. The second-order valence-corrected chi connectivity index (χ2v) is 10.7. The van der Waals surface area contributed by atoms with Crippen LogP contribution in [0.5, 0.6) is 0 Å². The fourth-order valence-electron chi connectivity index (χ4n) is 4.67. The normalized spacial score (nSPS) is 12.6. The van der Waals surface area contributed by atoms with Crippen molar-refractivity contribution in [3.8, 4) is 0 Å². The van der Waals surface area contributed by atoms with Gasteiger partial charge in [-0.15, -0.1) is 5.10 Å². The summed E-state index contributed by atoms with van der Waals surface area (Å²) in [7, 11) is 0. The van der Waals surface area contributed by atoms with Gasteiger partial charge in [0, 0.05) is 18.9 Å². The van der Waals surface area contributed by atoms with Crippen LogP contribution in [0.25, 0.3) is 0 Å². The van der Waals surface area contributed by atoms with Crippen LogP contribution in [0.2, 0.25) is 0 Å². The van der Waals surface area contributed by atoms with Gasteiger partial charge in [-0.1, -0.05) is 96.2 Å². The van der Waals surface area contributed by atoms with Crippen LogP contribution >= 0.6 is 0 Å². The van der Waals surface area contributed by atoms with E-state index in [1.807, 2.05) is 36.4 Å². The Labute approximate surface area is 270 Å². The third-order valence-electron chi connectivity index (χ3n) is 7.06. The minimum Gasteiger partial charge on any atom is -0.480 e. The van der Waals surface area contributed by atoms with E-state index in [-0.39, 0.29) is 31.1 Å². The van der Waals surface area contributed by atoms with Crippen molar-refractivity contribution in [3.63, 3.8) is 0 Å². The maximum atomic E-state index is 13.3. The van der Waals surface area contributed by atoms with Gasteiger partial charge in [-0.3, -0.25) is 24.0 Å². The fourth-order valence-corrected chi connectivity index (χ4v) is 4.67. The van der Waals surface area contributed by atoms with Gasteiger partial charge in [0.1, 0.15) is 18.6 Å². The van der Waals surface area contributed by atoms with Crippen molar-refractivity contribution in [2.75, 3.05) is 13.1 Å². The number of rotatable bonds is 16. The molecule has 0 spiro atoms. The summed E-state index contributed by atoms with van der Waals surface area (Å²) >= 11 is 0. The number of nitrogens with one attached hydrogen (secondary N) is 4. The molecule has 0 bridgehead atoms. The van der Waals surface area contributed by atoms with Crippen LogP contribution in [0.4, 0.5) is 0 Å². The number of nitrogens with zero attached hydrogens (tertiary/aromatic N) is 3. The summed E-state index contributed by atoms with van der Waals surface area (Å²) in [6.07, 6.45) is 1.64. The first-order valence-corrected chi connectivity index (χ1v) is 14.8. The summed E-state index contributed by atoms with van der Waals surface area (Å²) in [4.78, 5) is 63.0. The van der Waals surface area contributed by atoms with Crippen molar-refractivity contribution in [1.29, 1.82) is 0 Å². The average molecular weight is 641 g/mol. The minimum atomic E-state index is -1.24. The Hall–Kier alpha value is -5.89. The molecule has 0 saturated heterocycles. The second-order valence-electron chi connectivity index (χ2n) is 10.7. The molecule has 0 radical (unpaired) electrons. The molecule has 244 valence electrons. The van der Waals surface area contributed by atoms with Crippen LogP contribution in [-0.2, 0) is 38.6 Å². The van der Waals surface area contributed by atoms with Crippen molar-refractivity contribution in [3.05, 3.63) is 120 Å². The van der Waals surface area contributed by atoms with E-state index in [1.165, 1.54) is 10.9 Å². The number of aromatic nitrogens is 3. The third kappa shape index (κ3) is 10.9. The highest BCUT2D eigenvalue weighted by molar-refractivity contribution is 5.97. The van der Waals surface area contributed by atoms with Gasteiger partial charge in [0.2, 0.25) is 17.7 Å². The molecule has 0 saturated carbocycles. The van der Waals surface area contributed by atoms with Gasteiger partial charge in [-0.2, -0.15) is 0 Å². The zero-order chi connectivity index (χ0) is 33.6. The maximum absolute atomic E-state index is 13.3. The zero-order valence-electron chi connectivity index (χ0n) is 25.4. The number of carboxylic acids is 1. The van der Waals surface area contributed by atoms with Crippen molar-refractivity contribution in [2.45, 2.75) is 37.5 Å². The van der Waals surface area contributed by atoms with Crippen LogP contribution in [0.1, 0.15) is 33.2 Å². The highest BCUT2D eigenvalue weighted by atomic mass is 16.4. The number of amides is 4. The lowest BCUT2D eigenvalue weighted by Crippen LogP contribution is -2.53. The number of hydrogen-bond donors (Lipinski definition) is 6. The van der Waals surface area contributed by atoms with Gasteiger partial charge in [-0.25, -0.2) is 4.68 Å². The van der Waals surface area contributed by atoms with E-state index in [0.717, 1.165) is 16.7 Å². The van der Waals surface area contributed by atoms with Crippen LogP contribution in [-0.4, -0.2) is 74.9 Å². The molecule has 14 nitrogen and oxygen atoms in total. The number of aliphatic carboxylic acids is 1. The predicted molar refractivity (Wildman–Crippen MR) is 171 cm³/mol. The van der Waals surface area contributed by atoms with E-state index >= 15 is 0 Å². The molecule has 0 aliphatic carbocycles. The van der Waals surface area contributed by atoms with E-state index in [2.05, 4.69) is 31.6 Å². The smallest absolute Gasteiger partial charge is 0.322 e. The van der Waals surface area contributed by atoms with Gasteiger partial charge in [0.15, 0.2) is 5.69 Å². The van der Waals surface area contributed by atoms with Gasteiger partial charge in [-0.05, 0) is 16.7 Å². The fraction of sp³-hybridized carbons (Fsp3) is 0.242. The summed E-state index contributed by atoms with van der Waals surface area (Å²) < 4.78 is 1.45. The van der Waals surface area contributed by atoms with Crippen LogP contribution in [0.15, 0.2) is 97.2 Å². The van der Waals surface area contributed by atoms with Crippen molar-refractivity contribution < 1.29 is 29.1 Å². The largest absolute Gasteiger partial charge is 0.480 e. The van der Waals surface area contributed by atoms with Crippen LogP contribution < -0.4 is 27.0 Å². The molecule has 4 amide bonds. The molecule has 0 fully saturated rings. The molecular formula is C33H36N8O6. The molecular weight excluding hydrogens is 604 g/mol. The van der Waals surface area contributed by atoms with Gasteiger partial charge >= 0.3 is 5.97 Å². The highest BCUT2D eigenvalue weighted by Gasteiger charge is 2.26. The van der Waals surface area contributed by atoms with E-state index in [0.29, 0.717) is 0 Å². The van der Waals surface area contributed by atoms with E-state index < -0.39 is 54.8 Å². The predicted octanol–water partition coefficient (Wildman–Crippen LogP) is 0.364. The number of carboxylic acid groups (broad SMARTS) is 1. The number of hydrogen-bond acceptors (Lipinski definition) is 8. The first-order valence-electron chi connectivity index (χ1n) is 14.8. The molecule has 1 heterocycles. The first-order chi connectivity index (χ1) is 22.7. The summed E-state index contributed by atoms with van der Waals surface area (Å²) in [6, 6.07) is 24.7. The Morgan fingerprint density at radius 1 is 0.723 bits per heavy atom. The number of nitrogens with two attached hydrogens (primary N) is 1. The second kappa shape index (κ2) is 17.0. The highest BCUT2D eigenvalue weighted by Crippen LogP contribution is 2.12. The van der Waals surface area contributed by atoms with Gasteiger partial charge < -0.3 is 32.1 Å². The SMILES string of the molecule is NC(Cn1cc(C(=O)N[C@@H](Cc2ccccc2)C(=O)NCC(=O)N[C@@H](Cc2ccccc2)C(=O)NCC(=O)O)nn1)c1ccccc1. The molecule has 1 unspecified atom stereocenters. The molecule has 1 aromatic heterocycles. The quantitative estimate of drug-likeness (QED) is 0.0997. The molecule has 0 aliphatic rings. The number of carbonyl (C=O) groups is 5. The third-order valence-corrected chi connectivity index (χ3v) is 7.06. The molecule has 3 atom stereocenters. The summed E-state index contributed by atoms with van der Waals surface area (Å²) in [5.41, 5.74) is 8.63. The number of carbonyl (C=O) groups excluding carboxylic acids is 4. The monoisotopic (exact) mass is 640 g/mol. The van der Waals surface area contributed by atoms with E-state index in [1.54, 1.807) is 54.6 Å². The van der Waals surface area contributed by atoms with Crippen molar-refractivity contribution in [2.24, 2.45) is 5.73 Å². The minimum absolute atomic E-state index is 0.0232. The maximum Gasteiger partial charge on any atom is 0.322 e. The van der Waals surface area contributed by atoms with E-state index in [4.69, 9.17) is 10.8 Å². The van der Waals surface area contributed by atoms with Crippen molar-refractivity contribution in [1.82, 2.24) is 36.3 Å². The summed E-state index contributed by atoms with van der Waals surface area (Å²) in [5.74, 6) is -3.91. The average Bonchev–Trinajstić information content (AvgIpc) is 3.55. The molecule has 7 N–H and O–H groups in total. The Morgan fingerprint density at radius 3 is 1.79 bits per heavy atom. The molecule has 14 heteroatoms. The van der Waals surface area contributed by atoms with Crippen LogP contribution in [0.3, 0.4) is 0 Å². The first kappa shape index (κ1) is 34.0. The lowest BCUT2D eigenvalue weighted by molar-refractivity contribution is -0.138. The molecule has 4 rings (SSSR count). The molecule has 47 heavy (non-hydrogen) atoms. The van der Waals surface area contributed by atoms with Gasteiger partial charge in [0.05, 0.1) is 19.3 Å². The zero-order valence-corrected chi connectivity index (χ0v) is 25.4. The Morgan fingerprint density at radius 2 is 1.23 bits per heavy atom. The lowest BCUT2D eigenvalue weighted by Gasteiger charge is -2.20. The Kier molecular flexibility index (Phi) is 12.3. The Bertz CT molecular complexity index is 1650.